The number of halogens is 1. The second-order valence-electron chi connectivity index (χ2n) is 6.03. The molecule has 0 saturated carbocycles. The molecule has 0 atom stereocenters. The molecule has 136 valence electrons. The first-order valence-corrected chi connectivity index (χ1v) is 8.86. The summed E-state index contributed by atoms with van der Waals surface area (Å²) >= 11 is 6.10. The maximum Gasteiger partial charge on any atom is 0.272 e. The van der Waals surface area contributed by atoms with Crippen LogP contribution in [-0.4, -0.2) is 12.1 Å². The second-order valence-corrected chi connectivity index (χ2v) is 6.44. The molecule has 4 nitrogen and oxygen atoms in total. The summed E-state index contributed by atoms with van der Waals surface area (Å²) in [7, 11) is 0. The van der Waals surface area contributed by atoms with Gasteiger partial charge in [0.05, 0.1) is 16.8 Å². The molecule has 3 aromatic carbocycles. The van der Waals surface area contributed by atoms with Gasteiger partial charge in [0.2, 0.25) is 0 Å². The standard InChI is InChI=1S/C22H19ClN2O2/c1-16-10-11-20(21(23)12-16)22(26)25-24-14-18-8-5-9-19(13-18)27-15-17-6-3-2-4-7-17/h2-14H,15H2,1H3,(H,25,26). The Balaban J connectivity index is 1.59. The number of carbonyl (C=O) groups excluding carboxylic acids is 1. The lowest BCUT2D eigenvalue weighted by Gasteiger charge is -2.07. The summed E-state index contributed by atoms with van der Waals surface area (Å²) in [6, 6.07) is 22.7. The smallest absolute Gasteiger partial charge is 0.272 e. The molecule has 5 heteroatoms. The number of ether oxygens (including phenoxy) is 1. The van der Waals surface area contributed by atoms with E-state index >= 15 is 0 Å². The van der Waals surface area contributed by atoms with E-state index in [1.807, 2.05) is 67.6 Å². The van der Waals surface area contributed by atoms with Crippen LogP contribution in [-0.2, 0) is 6.61 Å². The van der Waals surface area contributed by atoms with E-state index in [0.717, 1.165) is 22.4 Å². The molecule has 0 heterocycles. The number of hydrazone groups is 1. The number of carbonyl (C=O) groups is 1. The molecule has 0 aliphatic carbocycles. The number of hydrogen-bond acceptors (Lipinski definition) is 3. The van der Waals surface area contributed by atoms with E-state index in [1.54, 1.807) is 18.3 Å². The van der Waals surface area contributed by atoms with Crippen LogP contribution < -0.4 is 10.2 Å². The Labute approximate surface area is 163 Å². The lowest BCUT2D eigenvalue weighted by molar-refractivity contribution is 0.0955. The number of hydrogen-bond donors (Lipinski definition) is 1. The van der Waals surface area contributed by atoms with Crippen molar-refractivity contribution in [1.82, 2.24) is 5.43 Å². The molecule has 0 aromatic heterocycles. The monoisotopic (exact) mass is 378 g/mol. The first kappa shape index (κ1) is 18.7. The molecule has 1 amide bonds. The molecule has 0 aliphatic rings. The minimum Gasteiger partial charge on any atom is -0.489 e. The van der Waals surface area contributed by atoms with Crippen molar-refractivity contribution in [3.8, 4) is 5.75 Å². The lowest BCUT2D eigenvalue weighted by atomic mass is 10.1. The summed E-state index contributed by atoms with van der Waals surface area (Å²) in [4.78, 5) is 12.2. The first-order valence-electron chi connectivity index (χ1n) is 8.48. The summed E-state index contributed by atoms with van der Waals surface area (Å²) < 4.78 is 5.79. The third-order valence-electron chi connectivity index (χ3n) is 3.86. The number of nitrogens with one attached hydrogen (secondary N) is 1. The molecule has 0 saturated heterocycles. The van der Waals surface area contributed by atoms with Crippen molar-refractivity contribution in [1.29, 1.82) is 0 Å². The summed E-state index contributed by atoms with van der Waals surface area (Å²) in [6.45, 7) is 2.41. The van der Waals surface area contributed by atoms with Gasteiger partial charge in [0.25, 0.3) is 5.91 Å². The summed E-state index contributed by atoms with van der Waals surface area (Å²) in [5.41, 5.74) is 5.78. The number of amides is 1. The third-order valence-corrected chi connectivity index (χ3v) is 4.17. The van der Waals surface area contributed by atoms with Crippen LogP contribution in [0.5, 0.6) is 5.75 Å². The van der Waals surface area contributed by atoms with Crippen LogP contribution in [0.3, 0.4) is 0 Å². The zero-order valence-electron chi connectivity index (χ0n) is 14.9. The van der Waals surface area contributed by atoms with Gasteiger partial charge in [-0.3, -0.25) is 4.79 Å². The third kappa shape index (κ3) is 5.43. The van der Waals surface area contributed by atoms with E-state index < -0.39 is 0 Å². The van der Waals surface area contributed by atoms with Gasteiger partial charge in [-0.1, -0.05) is 60.1 Å². The zero-order valence-corrected chi connectivity index (χ0v) is 15.6. The predicted molar refractivity (Wildman–Crippen MR) is 108 cm³/mol. The maximum absolute atomic E-state index is 12.2. The molecule has 0 aliphatic heterocycles. The molecular formula is C22H19ClN2O2. The molecule has 0 radical (unpaired) electrons. The quantitative estimate of drug-likeness (QED) is 0.485. The molecule has 1 N–H and O–H groups in total. The molecule has 0 bridgehead atoms. The van der Waals surface area contributed by atoms with Gasteiger partial charge in [-0.2, -0.15) is 5.10 Å². The van der Waals surface area contributed by atoms with Crippen molar-refractivity contribution < 1.29 is 9.53 Å². The number of rotatable bonds is 6. The maximum atomic E-state index is 12.2. The van der Waals surface area contributed by atoms with Crippen LogP contribution in [0, 0.1) is 6.92 Å². The average molecular weight is 379 g/mol. The highest BCUT2D eigenvalue weighted by Crippen LogP contribution is 2.17. The fraction of sp³-hybridized carbons (Fsp3) is 0.0909. The Morgan fingerprint density at radius 2 is 1.89 bits per heavy atom. The van der Waals surface area contributed by atoms with Crippen molar-refractivity contribution in [3.63, 3.8) is 0 Å². The number of aryl methyl sites for hydroxylation is 1. The highest BCUT2D eigenvalue weighted by Gasteiger charge is 2.09. The van der Waals surface area contributed by atoms with Gasteiger partial charge < -0.3 is 4.74 Å². The highest BCUT2D eigenvalue weighted by molar-refractivity contribution is 6.33. The Kier molecular flexibility index (Phi) is 6.23. The Hall–Kier alpha value is -3.11. The van der Waals surface area contributed by atoms with Crippen LogP contribution in [0.15, 0.2) is 77.9 Å². The van der Waals surface area contributed by atoms with Gasteiger partial charge in [-0.05, 0) is 47.9 Å². The van der Waals surface area contributed by atoms with E-state index in [9.17, 15) is 4.79 Å². The SMILES string of the molecule is Cc1ccc(C(=O)NN=Cc2cccc(OCc3ccccc3)c2)c(Cl)c1. The molecule has 0 spiro atoms. The van der Waals surface area contributed by atoms with Gasteiger partial charge in [0, 0.05) is 0 Å². The van der Waals surface area contributed by atoms with Gasteiger partial charge in [0.15, 0.2) is 0 Å². The lowest BCUT2D eigenvalue weighted by Crippen LogP contribution is -2.18. The largest absolute Gasteiger partial charge is 0.489 e. The van der Waals surface area contributed by atoms with Crippen LogP contribution in [0.2, 0.25) is 5.02 Å². The first-order chi connectivity index (χ1) is 13.1. The van der Waals surface area contributed by atoms with Crippen molar-refractivity contribution in [2.75, 3.05) is 0 Å². The van der Waals surface area contributed by atoms with Gasteiger partial charge in [-0.25, -0.2) is 5.43 Å². The van der Waals surface area contributed by atoms with Crippen molar-refractivity contribution in [2.45, 2.75) is 13.5 Å². The normalized spacial score (nSPS) is 10.7. The number of benzene rings is 3. The fourth-order valence-corrected chi connectivity index (χ4v) is 2.78. The van der Waals surface area contributed by atoms with E-state index in [2.05, 4.69) is 10.5 Å². The van der Waals surface area contributed by atoms with Crippen molar-refractivity contribution in [3.05, 3.63) is 100 Å². The molecule has 27 heavy (non-hydrogen) atoms. The average Bonchev–Trinajstić information content (AvgIpc) is 2.67. The van der Waals surface area contributed by atoms with Crippen LogP contribution >= 0.6 is 11.6 Å². The van der Waals surface area contributed by atoms with Crippen molar-refractivity contribution in [2.24, 2.45) is 5.10 Å². The molecule has 0 unspecified atom stereocenters. The van der Waals surface area contributed by atoms with E-state index in [1.165, 1.54) is 0 Å². The zero-order chi connectivity index (χ0) is 19.1. The van der Waals surface area contributed by atoms with E-state index in [4.69, 9.17) is 16.3 Å². The molecule has 3 rings (SSSR count). The minimum atomic E-state index is -0.354. The van der Waals surface area contributed by atoms with Crippen LogP contribution in [0.1, 0.15) is 27.0 Å². The van der Waals surface area contributed by atoms with Gasteiger partial charge in [0.1, 0.15) is 12.4 Å². The van der Waals surface area contributed by atoms with Crippen molar-refractivity contribution >= 4 is 23.7 Å². The van der Waals surface area contributed by atoms with E-state index in [-0.39, 0.29) is 5.91 Å². The van der Waals surface area contributed by atoms with Gasteiger partial charge >= 0.3 is 0 Å². The Morgan fingerprint density at radius 1 is 1.07 bits per heavy atom. The second kappa shape index (κ2) is 9.01. The number of nitrogens with zero attached hydrogens (tertiary/aromatic N) is 1. The molecular weight excluding hydrogens is 360 g/mol. The highest BCUT2D eigenvalue weighted by atomic mass is 35.5. The Morgan fingerprint density at radius 3 is 2.67 bits per heavy atom. The topological polar surface area (TPSA) is 50.7 Å². The van der Waals surface area contributed by atoms with Crippen LogP contribution in [0.4, 0.5) is 0 Å². The molecule has 3 aromatic rings. The van der Waals surface area contributed by atoms with Crippen LogP contribution in [0.25, 0.3) is 0 Å². The molecule has 0 fully saturated rings. The summed E-state index contributed by atoms with van der Waals surface area (Å²) in [6.07, 6.45) is 1.56. The fourth-order valence-electron chi connectivity index (χ4n) is 2.46. The predicted octanol–water partition coefficient (Wildman–Crippen LogP) is 4.99. The Bertz CT molecular complexity index is 956. The minimum absolute atomic E-state index is 0.354. The summed E-state index contributed by atoms with van der Waals surface area (Å²) in [5, 5.41) is 4.40. The van der Waals surface area contributed by atoms with E-state index in [0.29, 0.717) is 17.2 Å². The van der Waals surface area contributed by atoms with Gasteiger partial charge in [-0.15, -0.1) is 0 Å². The summed E-state index contributed by atoms with van der Waals surface area (Å²) in [5.74, 6) is 0.378.